The highest BCUT2D eigenvalue weighted by Gasteiger charge is 2.43. The number of hydrogen-bond donors (Lipinski definition) is 6. The fourth-order valence-electron chi connectivity index (χ4n) is 14.1. The summed E-state index contributed by atoms with van der Waals surface area (Å²) in [6.45, 7) is 16.4. The van der Waals surface area contributed by atoms with E-state index >= 15 is 0 Å². The average molecular weight is 1330 g/mol. The number of carbonyl (C=O) groups excluding carboxylic acids is 6. The largest absolute Gasteiger partial charge is 0.457 e. The number of anilines is 3. The second-order valence-corrected chi connectivity index (χ2v) is 24.9. The minimum absolute atomic E-state index is 0.0592. The van der Waals surface area contributed by atoms with Crippen LogP contribution in [0.5, 0.6) is 34.5 Å². The Morgan fingerprint density at radius 3 is 0.848 bits per heavy atom. The summed E-state index contributed by atoms with van der Waals surface area (Å²) in [7, 11) is 0. The first-order valence-electron chi connectivity index (χ1n) is 32.9. The van der Waals surface area contributed by atoms with Crippen molar-refractivity contribution in [3.63, 3.8) is 0 Å². The molecule has 9 N–H and O–H groups in total. The van der Waals surface area contributed by atoms with E-state index in [-0.39, 0.29) is 53.6 Å². The molecule has 9 aromatic rings. The second-order valence-electron chi connectivity index (χ2n) is 24.9. The summed E-state index contributed by atoms with van der Waals surface area (Å²) in [5, 5.41) is 24.5. The number of nitrogens with one attached hydrogen (secondary N) is 3. The Kier molecular flexibility index (Phi) is 18.9. The van der Waals surface area contributed by atoms with Crippen LogP contribution in [0.25, 0.3) is 33.8 Å². The van der Waals surface area contributed by atoms with Crippen molar-refractivity contribution < 1.29 is 43.0 Å². The van der Waals surface area contributed by atoms with Gasteiger partial charge < -0.3 is 62.1 Å². The lowest BCUT2D eigenvalue weighted by Gasteiger charge is -2.41. The van der Waals surface area contributed by atoms with Crippen molar-refractivity contribution >= 4 is 52.9 Å². The van der Waals surface area contributed by atoms with Gasteiger partial charge in [0.15, 0.2) is 0 Å². The van der Waals surface area contributed by atoms with Crippen molar-refractivity contribution in [3.05, 3.63) is 218 Å². The number of carbonyl (C=O) groups is 6. The van der Waals surface area contributed by atoms with Crippen LogP contribution in [0.4, 0.5) is 17.5 Å². The third-order valence-corrected chi connectivity index (χ3v) is 18.9. The molecule has 15 rings (SSSR count). The SMILES string of the molecule is C=CC(=O)N1CCC2C(CNc3c(C(N)=O)c(-c4ccc(Oc5ccccc5)cc4)nn32)C1.C=CC(=O)N1CCC2C(CNc3c(C(N)=O)c(-c4ccc(Oc5ccccc5)cc4)nn32)C1.C=CC(=O)N1CC[C@H]2[C@H](CNc3c(C(N)=O)c(-c4ccc(Oc5ccccc5)cc4)nn32)C1. The smallest absolute Gasteiger partial charge is 0.254 e. The lowest BCUT2D eigenvalue weighted by molar-refractivity contribution is -0.129. The maximum atomic E-state index is 12.4. The van der Waals surface area contributed by atoms with Gasteiger partial charge in [-0.25, -0.2) is 14.0 Å². The summed E-state index contributed by atoms with van der Waals surface area (Å²) in [4.78, 5) is 78.9. The number of ether oxygens (including phenoxy) is 3. The molecule has 24 heteroatoms. The van der Waals surface area contributed by atoms with Crippen LogP contribution < -0.4 is 47.4 Å². The number of fused-ring (bicyclic) bond motifs is 9. The molecule has 0 radical (unpaired) electrons. The highest BCUT2D eigenvalue weighted by Crippen LogP contribution is 2.44. The van der Waals surface area contributed by atoms with Crippen molar-refractivity contribution in [1.29, 1.82) is 0 Å². The zero-order valence-corrected chi connectivity index (χ0v) is 54.3. The van der Waals surface area contributed by atoms with Crippen molar-refractivity contribution in [1.82, 2.24) is 44.0 Å². The Labute approximate surface area is 571 Å². The second kappa shape index (κ2) is 28.6. The Morgan fingerprint density at radius 1 is 0.374 bits per heavy atom. The van der Waals surface area contributed by atoms with Gasteiger partial charge in [-0.3, -0.25) is 28.8 Å². The van der Waals surface area contributed by atoms with Crippen LogP contribution in [0.3, 0.4) is 0 Å². The molecule has 6 aliphatic heterocycles. The third kappa shape index (κ3) is 13.7. The van der Waals surface area contributed by atoms with Gasteiger partial charge in [0.05, 0.1) is 18.1 Å². The van der Waals surface area contributed by atoms with Crippen LogP contribution >= 0.6 is 0 Å². The standard InChI is InChI=1S/3C25H25N5O3/c3*1-2-21(31)29-13-12-20-17(15-29)14-27-25-22(24(26)32)23(28-30(20)25)16-8-10-19(11-9-16)33-18-6-4-3-5-7-18/h3*2-11,17,20,27H,1,12-15H2,(H2,26,32)/t17-,20+;;/m1../s1. The maximum absolute atomic E-state index is 12.4. The van der Waals surface area contributed by atoms with E-state index in [2.05, 4.69) is 35.7 Å². The Morgan fingerprint density at radius 2 is 0.616 bits per heavy atom. The van der Waals surface area contributed by atoms with Gasteiger partial charge in [-0.15, -0.1) is 0 Å². The Hall–Kier alpha value is -12.2. The molecule has 0 bridgehead atoms. The van der Waals surface area contributed by atoms with Crippen molar-refractivity contribution in [3.8, 4) is 68.3 Å². The molecule has 99 heavy (non-hydrogen) atoms. The molecule has 24 nitrogen and oxygen atoms in total. The van der Waals surface area contributed by atoms with E-state index in [1.807, 2.05) is 193 Å². The molecule has 6 atom stereocenters. The zero-order valence-electron chi connectivity index (χ0n) is 54.3. The van der Waals surface area contributed by atoms with Gasteiger partial charge in [-0.1, -0.05) is 74.3 Å². The van der Waals surface area contributed by atoms with Gasteiger partial charge in [-0.2, -0.15) is 15.3 Å². The maximum Gasteiger partial charge on any atom is 0.254 e. The lowest BCUT2D eigenvalue weighted by atomic mass is 9.90. The Balaban J connectivity index is 0.000000133. The first-order valence-corrected chi connectivity index (χ1v) is 32.9. The monoisotopic (exact) mass is 1330 g/mol. The zero-order chi connectivity index (χ0) is 68.8. The summed E-state index contributed by atoms with van der Waals surface area (Å²) in [5.74, 6) is 5.04. The number of para-hydroxylation sites is 3. The van der Waals surface area contributed by atoms with E-state index in [1.165, 1.54) is 18.2 Å². The minimum atomic E-state index is -0.527. The molecule has 3 aromatic heterocycles. The van der Waals surface area contributed by atoms with Crippen LogP contribution in [-0.4, -0.2) is 138 Å². The predicted molar refractivity (Wildman–Crippen MR) is 375 cm³/mol. The first-order chi connectivity index (χ1) is 48.1. The van der Waals surface area contributed by atoms with E-state index in [9.17, 15) is 28.8 Å². The number of piperidine rings is 3. The number of primary amides is 3. The normalized spacial score (nSPS) is 19.1. The molecule has 0 aliphatic carbocycles. The topological polar surface area (TPSA) is 307 Å². The molecule has 504 valence electrons. The number of aromatic nitrogens is 6. The molecule has 0 saturated carbocycles. The summed E-state index contributed by atoms with van der Waals surface area (Å²) < 4.78 is 23.3. The number of amides is 6. The molecular formula is C75H75N15O9. The summed E-state index contributed by atoms with van der Waals surface area (Å²) in [5.41, 5.74) is 22.5. The number of likely N-dealkylation sites (tertiary alicyclic amines) is 3. The summed E-state index contributed by atoms with van der Waals surface area (Å²) >= 11 is 0. The fraction of sp³-hybridized carbons (Fsp3) is 0.240. The van der Waals surface area contributed by atoms with Crippen LogP contribution in [-0.2, 0) is 14.4 Å². The molecule has 3 saturated heterocycles. The van der Waals surface area contributed by atoms with Crippen molar-refractivity contribution in [2.75, 3.05) is 74.9 Å². The van der Waals surface area contributed by atoms with E-state index in [4.69, 9.17) is 46.7 Å². The molecular weight excluding hydrogens is 1250 g/mol. The number of nitrogens with zero attached hydrogens (tertiary/aromatic N) is 9. The molecule has 3 fully saturated rings. The molecule has 6 amide bonds. The van der Waals surface area contributed by atoms with Crippen LogP contribution in [0, 0.1) is 17.8 Å². The minimum Gasteiger partial charge on any atom is -0.457 e. The molecule has 4 unspecified atom stereocenters. The van der Waals surface area contributed by atoms with Gasteiger partial charge in [-0.05, 0) is 147 Å². The van der Waals surface area contributed by atoms with E-state index < -0.39 is 17.7 Å². The van der Waals surface area contributed by atoms with Crippen LogP contribution in [0.1, 0.15) is 68.5 Å². The van der Waals surface area contributed by atoms with Gasteiger partial charge in [0.25, 0.3) is 17.7 Å². The van der Waals surface area contributed by atoms with Crippen molar-refractivity contribution in [2.24, 2.45) is 35.0 Å². The summed E-state index contributed by atoms with van der Waals surface area (Å²) in [6.07, 6.45) is 6.31. The summed E-state index contributed by atoms with van der Waals surface area (Å²) in [6, 6.07) is 51.2. The van der Waals surface area contributed by atoms with Crippen molar-refractivity contribution in [2.45, 2.75) is 37.4 Å². The third-order valence-electron chi connectivity index (χ3n) is 18.9. The fourth-order valence-corrected chi connectivity index (χ4v) is 14.1. The highest BCUT2D eigenvalue weighted by molar-refractivity contribution is 6.05. The van der Waals surface area contributed by atoms with Gasteiger partial charge in [0.1, 0.15) is 85.7 Å². The first kappa shape index (κ1) is 65.5. The lowest BCUT2D eigenvalue weighted by Crippen LogP contribution is -2.48. The number of rotatable bonds is 15. The van der Waals surface area contributed by atoms with Gasteiger partial charge in [0.2, 0.25) is 17.7 Å². The highest BCUT2D eigenvalue weighted by atomic mass is 16.5. The van der Waals surface area contributed by atoms with Gasteiger partial charge >= 0.3 is 0 Å². The number of hydrogen-bond acceptors (Lipinski definition) is 15. The van der Waals surface area contributed by atoms with E-state index in [0.29, 0.717) is 127 Å². The molecule has 9 heterocycles. The molecule has 6 aromatic carbocycles. The predicted octanol–water partition coefficient (Wildman–Crippen LogP) is 10.3. The number of benzene rings is 6. The quantitative estimate of drug-likeness (QED) is 0.0520. The van der Waals surface area contributed by atoms with Crippen LogP contribution in [0.2, 0.25) is 0 Å². The van der Waals surface area contributed by atoms with E-state index in [0.717, 1.165) is 53.2 Å². The molecule has 6 aliphatic rings. The Bertz CT molecular complexity index is 4060. The molecule has 0 spiro atoms. The number of nitrogens with two attached hydrogens (primary N) is 3. The van der Waals surface area contributed by atoms with E-state index in [1.54, 1.807) is 0 Å². The average Bonchev–Trinajstić information content (AvgIpc) is 1.63. The van der Waals surface area contributed by atoms with Gasteiger partial charge in [0, 0.05) is 93.3 Å². The van der Waals surface area contributed by atoms with Crippen LogP contribution in [0.15, 0.2) is 202 Å².